The maximum absolute atomic E-state index is 3.50. The van der Waals surface area contributed by atoms with Gasteiger partial charge in [-0.2, -0.15) is 0 Å². The van der Waals surface area contributed by atoms with E-state index < -0.39 is 0 Å². The monoisotopic (exact) mass is 222 g/mol. The smallest absolute Gasteiger partial charge is 0.0187 e. The first-order valence-electron chi connectivity index (χ1n) is 7.19. The van der Waals surface area contributed by atoms with Crippen molar-refractivity contribution in [3.05, 3.63) is 0 Å². The van der Waals surface area contributed by atoms with Crippen molar-refractivity contribution in [1.82, 2.24) is 10.2 Å². The third-order valence-corrected chi connectivity index (χ3v) is 5.45. The van der Waals surface area contributed by atoms with Gasteiger partial charge in [-0.25, -0.2) is 0 Å². The molecule has 1 saturated carbocycles. The second-order valence-electron chi connectivity index (χ2n) is 6.45. The Balaban J connectivity index is 1.78. The van der Waals surface area contributed by atoms with Gasteiger partial charge in [0, 0.05) is 23.7 Å². The third kappa shape index (κ3) is 1.62. The van der Waals surface area contributed by atoms with Gasteiger partial charge in [0.25, 0.3) is 0 Å². The molecule has 1 N–H and O–H groups in total. The molecule has 0 radical (unpaired) electrons. The summed E-state index contributed by atoms with van der Waals surface area (Å²) in [5.74, 6) is 0. The van der Waals surface area contributed by atoms with Crippen molar-refractivity contribution in [3.63, 3.8) is 0 Å². The molecule has 0 aromatic rings. The minimum Gasteiger partial charge on any atom is -0.317 e. The molecule has 16 heavy (non-hydrogen) atoms. The van der Waals surface area contributed by atoms with Crippen molar-refractivity contribution in [1.29, 1.82) is 0 Å². The van der Waals surface area contributed by atoms with Crippen molar-refractivity contribution in [2.45, 2.75) is 82.0 Å². The first-order valence-corrected chi connectivity index (χ1v) is 7.19. The van der Waals surface area contributed by atoms with Gasteiger partial charge in [-0.15, -0.1) is 0 Å². The first-order chi connectivity index (χ1) is 7.73. The highest BCUT2D eigenvalue weighted by molar-refractivity contribution is 5.05. The lowest BCUT2D eigenvalue weighted by molar-refractivity contribution is 0.0146. The average molecular weight is 222 g/mol. The van der Waals surface area contributed by atoms with Crippen LogP contribution in [0.15, 0.2) is 0 Å². The van der Waals surface area contributed by atoms with E-state index in [1.807, 2.05) is 0 Å². The summed E-state index contributed by atoms with van der Waals surface area (Å²) >= 11 is 0. The van der Waals surface area contributed by atoms with Crippen LogP contribution in [-0.4, -0.2) is 35.6 Å². The number of piperidine rings is 1. The van der Waals surface area contributed by atoms with E-state index in [9.17, 15) is 0 Å². The number of hydrogen-bond acceptors (Lipinski definition) is 2. The van der Waals surface area contributed by atoms with Crippen LogP contribution >= 0.6 is 0 Å². The van der Waals surface area contributed by atoms with Gasteiger partial charge in [-0.05, 0) is 52.5 Å². The second-order valence-corrected chi connectivity index (χ2v) is 6.45. The molecule has 1 aliphatic carbocycles. The highest BCUT2D eigenvalue weighted by Crippen LogP contribution is 2.46. The normalized spacial score (nSPS) is 42.8. The summed E-state index contributed by atoms with van der Waals surface area (Å²) in [6, 6.07) is 2.57. The summed E-state index contributed by atoms with van der Waals surface area (Å²) < 4.78 is 0. The zero-order valence-corrected chi connectivity index (χ0v) is 10.8. The molecule has 3 rings (SSSR count). The first kappa shape index (κ1) is 11.0. The molecule has 92 valence electrons. The average Bonchev–Trinajstić information content (AvgIpc) is 2.82. The fourth-order valence-electron chi connectivity index (χ4n) is 4.69. The van der Waals surface area contributed by atoms with E-state index in [4.69, 9.17) is 0 Å². The number of fused-ring (bicyclic) bond motifs is 2. The molecule has 0 spiro atoms. The standard InChI is InChI=1S/C14H26N2/c1-14(7-3-4-8-14)16-12-5-6-13(16)10-11(9-12)15-2/h11-13,15H,3-10H2,1-2H3. The molecule has 2 nitrogen and oxygen atoms in total. The zero-order chi connectivity index (χ0) is 11.2. The van der Waals surface area contributed by atoms with E-state index in [0.717, 1.165) is 18.1 Å². The van der Waals surface area contributed by atoms with Crippen LogP contribution < -0.4 is 5.32 Å². The molecule has 2 heteroatoms. The maximum atomic E-state index is 3.50. The van der Waals surface area contributed by atoms with Gasteiger partial charge in [0.15, 0.2) is 0 Å². The lowest BCUT2D eigenvalue weighted by Crippen LogP contribution is -2.57. The Kier molecular flexibility index (Phi) is 2.75. The molecular weight excluding hydrogens is 196 g/mol. The van der Waals surface area contributed by atoms with Crippen LogP contribution in [0.1, 0.15) is 58.3 Å². The van der Waals surface area contributed by atoms with Crippen LogP contribution in [0.3, 0.4) is 0 Å². The number of nitrogens with one attached hydrogen (secondary N) is 1. The number of hydrogen-bond donors (Lipinski definition) is 1. The van der Waals surface area contributed by atoms with Crippen molar-refractivity contribution in [3.8, 4) is 0 Å². The lowest BCUT2D eigenvalue weighted by atomic mass is 9.88. The Bertz CT molecular complexity index is 243. The molecule has 3 aliphatic rings. The van der Waals surface area contributed by atoms with Gasteiger partial charge < -0.3 is 5.32 Å². The van der Waals surface area contributed by atoms with E-state index in [1.165, 1.54) is 51.4 Å². The Labute approximate surface area is 99.8 Å². The zero-order valence-electron chi connectivity index (χ0n) is 10.8. The van der Waals surface area contributed by atoms with E-state index in [-0.39, 0.29) is 0 Å². The predicted octanol–water partition coefficient (Wildman–Crippen LogP) is 2.53. The van der Waals surface area contributed by atoms with Gasteiger partial charge >= 0.3 is 0 Å². The summed E-state index contributed by atoms with van der Waals surface area (Å²) in [5.41, 5.74) is 0.560. The summed E-state index contributed by atoms with van der Waals surface area (Å²) in [6.07, 6.45) is 11.5. The minimum absolute atomic E-state index is 0.560. The Morgan fingerprint density at radius 1 is 1.06 bits per heavy atom. The Morgan fingerprint density at radius 2 is 1.62 bits per heavy atom. The summed E-state index contributed by atoms with van der Waals surface area (Å²) in [5, 5.41) is 3.50. The number of rotatable bonds is 2. The van der Waals surface area contributed by atoms with Gasteiger partial charge in [-0.3, -0.25) is 4.90 Å². The Morgan fingerprint density at radius 3 is 2.12 bits per heavy atom. The Hall–Kier alpha value is -0.0800. The van der Waals surface area contributed by atoms with E-state index in [1.54, 1.807) is 0 Å². The molecule has 2 unspecified atom stereocenters. The molecule has 2 bridgehead atoms. The highest BCUT2D eigenvalue weighted by atomic mass is 15.3. The largest absolute Gasteiger partial charge is 0.317 e. The summed E-state index contributed by atoms with van der Waals surface area (Å²) in [4.78, 5) is 2.94. The molecule has 2 saturated heterocycles. The van der Waals surface area contributed by atoms with Gasteiger partial charge in [0.05, 0.1) is 0 Å². The van der Waals surface area contributed by atoms with Crippen LogP contribution in [0.5, 0.6) is 0 Å². The molecule has 2 atom stereocenters. The van der Waals surface area contributed by atoms with Crippen molar-refractivity contribution in [2.75, 3.05) is 7.05 Å². The molecule has 0 aromatic heterocycles. The molecule has 0 amide bonds. The van der Waals surface area contributed by atoms with Gasteiger partial charge in [0.1, 0.15) is 0 Å². The minimum atomic E-state index is 0.560. The van der Waals surface area contributed by atoms with Gasteiger partial charge in [-0.1, -0.05) is 12.8 Å². The number of nitrogens with zero attached hydrogens (tertiary/aromatic N) is 1. The summed E-state index contributed by atoms with van der Waals surface area (Å²) in [7, 11) is 2.14. The van der Waals surface area contributed by atoms with Crippen molar-refractivity contribution in [2.24, 2.45) is 0 Å². The van der Waals surface area contributed by atoms with Crippen molar-refractivity contribution >= 4 is 0 Å². The molecule has 3 fully saturated rings. The van der Waals surface area contributed by atoms with Gasteiger partial charge in [0.2, 0.25) is 0 Å². The van der Waals surface area contributed by atoms with Crippen LogP contribution in [0.25, 0.3) is 0 Å². The molecule has 2 aliphatic heterocycles. The second kappa shape index (κ2) is 3.99. The van der Waals surface area contributed by atoms with Crippen LogP contribution in [0, 0.1) is 0 Å². The summed E-state index contributed by atoms with van der Waals surface area (Å²) in [6.45, 7) is 2.53. The molecule has 0 aromatic carbocycles. The third-order valence-electron chi connectivity index (χ3n) is 5.45. The molecular formula is C14H26N2. The SMILES string of the molecule is CNC1CC2CCC(C1)N2C1(C)CCCC1. The quantitative estimate of drug-likeness (QED) is 0.772. The highest BCUT2D eigenvalue weighted by Gasteiger charge is 2.49. The maximum Gasteiger partial charge on any atom is 0.0187 e. The fourth-order valence-corrected chi connectivity index (χ4v) is 4.69. The predicted molar refractivity (Wildman–Crippen MR) is 67.6 cm³/mol. The van der Waals surface area contributed by atoms with Crippen LogP contribution in [0.2, 0.25) is 0 Å². The van der Waals surface area contributed by atoms with Crippen LogP contribution in [0.4, 0.5) is 0 Å². The molecule has 2 heterocycles. The van der Waals surface area contributed by atoms with Crippen molar-refractivity contribution < 1.29 is 0 Å². The fraction of sp³-hybridized carbons (Fsp3) is 1.00. The lowest BCUT2D eigenvalue weighted by Gasteiger charge is -2.48. The topological polar surface area (TPSA) is 15.3 Å². The van der Waals surface area contributed by atoms with E-state index in [0.29, 0.717) is 5.54 Å². The van der Waals surface area contributed by atoms with E-state index >= 15 is 0 Å². The van der Waals surface area contributed by atoms with E-state index in [2.05, 4.69) is 24.2 Å². The van der Waals surface area contributed by atoms with Crippen LogP contribution in [-0.2, 0) is 0 Å².